The largest absolute Gasteiger partial charge is 0.748 e. The summed E-state index contributed by atoms with van der Waals surface area (Å²) in [6, 6.07) is 7.35. The first-order valence-electron chi connectivity index (χ1n) is 15.5. The molecule has 1 fully saturated rings. The zero-order valence-corrected chi connectivity index (χ0v) is 27.7. The molecule has 0 amide bonds. The van der Waals surface area contributed by atoms with Crippen LogP contribution in [-0.4, -0.2) is 93.2 Å². The minimum absolute atomic E-state index is 0.0507. The van der Waals surface area contributed by atoms with Gasteiger partial charge in [-0.3, -0.25) is 9.97 Å². The lowest BCUT2D eigenvalue weighted by Gasteiger charge is -2.28. The van der Waals surface area contributed by atoms with E-state index in [-0.39, 0.29) is 13.1 Å². The number of rotatable bonds is 11. The molecule has 0 radical (unpaired) electrons. The SMILES string of the molecule is CC12CCC(/C=C/C=C/C=C3\CCC4(C)C3=[N+](CC(O)CS(=O)(=O)[O-])c3cccnc34)=C1N(CC(O)CS(=O)(=O)[O-])c1cccnc12. The van der Waals surface area contributed by atoms with Gasteiger partial charge in [0.15, 0.2) is 12.3 Å². The maximum absolute atomic E-state index is 11.3. The van der Waals surface area contributed by atoms with Crippen LogP contribution in [0.2, 0.25) is 0 Å². The van der Waals surface area contributed by atoms with Gasteiger partial charge in [-0.2, -0.15) is 4.58 Å². The Balaban J connectivity index is 1.28. The Hall–Kier alpha value is -3.53. The predicted molar refractivity (Wildman–Crippen MR) is 173 cm³/mol. The van der Waals surface area contributed by atoms with Crippen LogP contribution in [0.5, 0.6) is 0 Å². The summed E-state index contributed by atoms with van der Waals surface area (Å²) >= 11 is 0. The number of allylic oxidation sites excluding steroid dienone is 8. The smallest absolute Gasteiger partial charge is 0.228 e. The molecule has 0 saturated heterocycles. The molecule has 250 valence electrons. The Morgan fingerprint density at radius 3 is 2.30 bits per heavy atom. The van der Waals surface area contributed by atoms with Crippen molar-refractivity contribution >= 4 is 37.3 Å². The number of nitrogens with zero attached hydrogens (tertiary/aromatic N) is 4. The molecular formula is C33H37N4O8S2-. The molecule has 2 aliphatic carbocycles. The average molecular weight is 682 g/mol. The number of aromatic nitrogens is 2. The van der Waals surface area contributed by atoms with Gasteiger partial charge in [-0.25, -0.2) is 16.8 Å². The van der Waals surface area contributed by atoms with E-state index in [0.29, 0.717) is 0 Å². The zero-order valence-electron chi connectivity index (χ0n) is 26.1. The topological polar surface area (TPSA) is 187 Å². The first-order chi connectivity index (χ1) is 22.1. The lowest BCUT2D eigenvalue weighted by molar-refractivity contribution is -0.448. The Bertz CT molecular complexity index is 1990. The summed E-state index contributed by atoms with van der Waals surface area (Å²) in [6.07, 6.45) is 13.5. The molecule has 1 saturated carbocycles. The van der Waals surface area contributed by atoms with Gasteiger partial charge in [0.25, 0.3) is 0 Å². The Morgan fingerprint density at radius 2 is 1.57 bits per heavy atom. The standard InChI is InChI=1S/C33H38N4O8S2/c1-32-14-12-22(30(32)36(18-24(38)20-46(40,41)42)26-10-6-16-34-28(26)32)8-4-3-5-9-23-13-15-33(2)29-27(11-7-17-35-29)37(31(23)33)19-25(39)21-47(43,44)45/h3-11,16-17,24-25,38-39H,12-15,18-21H2,1-2H3,(H-,40,41,42,43,44,45)/p-1. The molecule has 4 heterocycles. The second-order valence-corrected chi connectivity index (χ2v) is 15.9. The van der Waals surface area contributed by atoms with Crippen LogP contribution in [0.3, 0.4) is 0 Å². The Morgan fingerprint density at radius 1 is 0.915 bits per heavy atom. The van der Waals surface area contributed by atoms with Crippen molar-refractivity contribution in [2.24, 2.45) is 0 Å². The summed E-state index contributed by atoms with van der Waals surface area (Å²) in [4.78, 5) is 11.1. The van der Waals surface area contributed by atoms with Gasteiger partial charge >= 0.3 is 0 Å². The van der Waals surface area contributed by atoms with Crippen molar-refractivity contribution in [1.29, 1.82) is 0 Å². The average Bonchev–Trinajstić information content (AvgIpc) is 3.63. The first kappa shape index (κ1) is 33.4. The van der Waals surface area contributed by atoms with Gasteiger partial charge in [0.2, 0.25) is 5.69 Å². The lowest BCUT2D eigenvalue weighted by atomic mass is 9.84. The van der Waals surface area contributed by atoms with Crippen molar-refractivity contribution in [1.82, 2.24) is 9.97 Å². The van der Waals surface area contributed by atoms with Crippen LogP contribution < -0.4 is 4.90 Å². The van der Waals surface area contributed by atoms with Crippen molar-refractivity contribution in [3.8, 4) is 0 Å². The third kappa shape index (κ3) is 6.37. The lowest BCUT2D eigenvalue weighted by Crippen LogP contribution is -2.36. The molecule has 2 aliphatic heterocycles. The Labute approximate surface area is 274 Å². The van der Waals surface area contributed by atoms with E-state index in [1.165, 1.54) is 0 Å². The summed E-state index contributed by atoms with van der Waals surface area (Å²) in [6.45, 7) is 4.07. The van der Waals surface area contributed by atoms with Crippen LogP contribution >= 0.6 is 0 Å². The van der Waals surface area contributed by atoms with E-state index >= 15 is 0 Å². The fourth-order valence-electron chi connectivity index (χ4n) is 7.79. The summed E-state index contributed by atoms with van der Waals surface area (Å²) in [5.41, 5.74) is 6.35. The monoisotopic (exact) mass is 681 g/mol. The van der Waals surface area contributed by atoms with Gasteiger partial charge < -0.3 is 24.2 Å². The van der Waals surface area contributed by atoms with Gasteiger partial charge in [-0.15, -0.1) is 0 Å². The number of anilines is 1. The van der Waals surface area contributed by atoms with Crippen LogP contribution in [0.15, 0.2) is 83.9 Å². The van der Waals surface area contributed by atoms with Gasteiger partial charge in [-0.1, -0.05) is 30.4 Å². The number of β-amino-alcohol motifs (C(OH)–C–C–N with tert-alkyl or cyclic N) is 2. The summed E-state index contributed by atoms with van der Waals surface area (Å²) in [5.74, 6) is -1.75. The summed E-state index contributed by atoms with van der Waals surface area (Å²) in [7, 11) is -9.21. The highest BCUT2D eigenvalue weighted by Crippen LogP contribution is 2.55. The second kappa shape index (κ2) is 12.2. The van der Waals surface area contributed by atoms with E-state index in [4.69, 9.17) is 0 Å². The third-order valence-corrected chi connectivity index (χ3v) is 11.2. The maximum atomic E-state index is 11.3. The molecule has 4 unspecified atom stereocenters. The molecule has 14 heteroatoms. The maximum Gasteiger partial charge on any atom is 0.228 e. The van der Waals surface area contributed by atoms with Crippen molar-refractivity contribution in [2.75, 3.05) is 29.5 Å². The normalized spacial score (nSPS) is 26.1. The van der Waals surface area contributed by atoms with Crippen LogP contribution in [-0.2, 0) is 31.1 Å². The van der Waals surface area contributed by atoms with Gasteiger partial charge in [0, 0.05) is 36.3 Å². The number of fused-ring (bicyclic) bond motifs is 6. The van der Waals surface area contributed by atoms with Crippen LogP contribution in [0.25, 0.3) is 0 Å². The number of hydrogen-bond donors (Lipinski definition) is 2. The molecule has 12 nitrogen and oxygen atoms in total. The van der Waals surface area contributed by atoms with E-state index in [1.54, 1.807) is 24.5 Å². The molecule has 2 aromatic heterocycles. The molecule has 0 aromatic carbocycles. The van der Waals surface area contributed by atoms with E-state index in [9.17, 15) is 36.2 Å². The highest BCUT2D eigenvalue weighted by Gasteiger charge is 2.55. The summed E-state index contributed by atoms with van der Waals surface area (Å²) in [5, 5.41) is 21.0. The van der Waals surface area contributed by atoms with E-state index in [2.05, 4.69) is 23.8 Å². The van der Waals surface area contributed by atoms with Gasteiger partial charge in [0.05, 0.1) is 54.6 Å². The first-order valence-corrected chi connectivity index (χ1v) is 18.6. The van der Waals surface area contributed by atoms with E-state index < -0.39 is 54.8 Å². The van der Waals surface area contributed by atoms with E-state index in [0.717, 1.165) is 71.0 Å². The quantitative estimate of drug-likeness (QED) is 0.201. The van der Waals surface area contributed by atoms with Crippen molar-refractivity contribution in [2.45, 2.75) is 62.6 Å². The number of pyridine rings is 2. The fourth-order valence-corrected chi connectivity index (χ4v) is 8.94. The minimum Gasteiger partial charge on any atom is -0.748 e. The molecule has 0 spiro atoms. The van der Waals surface area contributed by atoms with Crippen LogP contribution in [0.1, 0.15) is 50.9 Å². The number of hydrogen-bond acceptors (Lipinski definition) is 11. The number of aliphatic hydroxyl groups is 2. The van der Waals surface area contributed by atoms with Crippen LogP contribution in [0, 0.1) is 0 Å². The molecule has 6 rings (SSSR count). The highest BCUT2D eigenvalue weighted by atomic mass is 32.2. The van der Waals surface area contributed by atoms with Crippen molar-refractivity contribution in [3.63, 3.8) is 0 Å². The molecule has 0 bridgehead atoms. The molecule has 4 atom stereocenters. The summed E-state index contributed by atoms with van der Waals surface area (Å²) < 4.78 is 69.9. The molecule has 2 aromatic rings. The zero-order chi connectivity index (χ0) is 33.8. The molecule has 4 aliphatic rings. The fraction of sp³-hybridized carbons (Fsp3) is 0.424. The molecule has 2 N–H and O–H groups in total. The molecular weight excluding hydrogens is 645 g/mol. The van der Waals surface area contributed by atoms with Crippen molar-refractivity contribution in [3.05, 3.63) is 95.3 Å². The Kier molecular flexibility index (Phi) is 8.64. The van der Waals surface area contributed by atoms with Gasteiger partial charge in [0.1, 0.15) is 17.2 Å². The van der Waals surface area contributed by atoms with E-state index in [1.807, 2.05) is 52.0 Å². The predicted octanol–water partition coefficient (Wildman–Crippen LogP) is 2.30. The number of aliphatic hydroxyl groups excluding tert-OH is 2. The minimum atomic E-state index is -4.61. The van der Waals surface area contributed by atoms with Crippen LogP contribution in [0.4, 0.5) is 11.4 Å². The van der Waals surface area contributed by atoms with Crippen molar-refractivity contribution < 1.29 is 40.7 Å². The third-order valence-electron chi connectivity index (χ3n) is 9.58. The van der Waals surface area contributed by atoms with Gasteiger partial charge in [-0.05, 0) is 63.3 Å². The molecule has 47 heavy (non-hydrogen) atoms. The second-order valence-electron chi connectivity index (χ2n) is 13.0. The highest BCUT2D eigenvalue weighted by molar-refractivity contribution is 7.86.